The zero-order valence-corrected chi connectivity index (χ0v) is 7.65. The first-order chi connectivity index (χ1) is 5.15. The van der Waals surface area contributed by atoms with E-state index in [0.717, 1.165) is 0 Å². The van der Waals surface area contributed by atoms with Crippen molar-refractivity contribution < 1.29 is 0 Å². The molecular formula is C6H3BrClN3. The minimum absolute atomic E-state index is 0.167. The number of terminal acetylenes is 1. The third kappa shape index (κ3) is 1.62. The number of nitrogen functional groups attached to an aromatic ring is 1. The van der Waals surface area contributed by atoms with E-state index in [1.165, 1.54) is 0 Å². The van der Waals surface area contributed by atoms with Crippen LogP contribution in [-0.2, 0) is 0 Å². The van der Waals surface area contributed by atoms with Gasteiger partial charge < -0.3 is 5.73 Å². The Morgan fingerprint density at radius 2 is 2.18 bits per heavy atom. The Balaban J connectivity index is 3.35. The molecule has 1 heterocycles. The van der Waals surface area contributed by atoms with Crippen LogP contribution in [0.5, 0.6) is 0 Å². The van der Waals surface area contributed by atoms with Gasteiger partial charge in [-0.2, -0.15) is 0 Å². The van der Waals surface area contributed by atoms with Crippen LogP contribution in [-0.4, -0.2) is 9.97 Å². The number of anilines is 1. The first-order valence-corrected chi connectivity index (χ1v) is 3.77. The molecule has 0 spiro atoms. The van der Waals surface area contributed by atoms with E-state index < -0.39 is 0 Å². The van der Waals surface area contributed by atoms with Crippen LogP contribution >= 0.6 is 27.5 Å². The van der Waals surface area contributed by atoms with Crippen molar-refractivity contribution >= 4 is 33.3 Å². The molecule has 2 N–H and O–H groups in total. The molecule has 11 heavy (non-hydrogen) atoms. The van der Waals surface area contributed by atoms with Gasteiger partial charge in [0.1, 0.15) is 4.60 Å². The number of hydrogen-bond donors (Lipinski definition) is 1. The lowest BCUT2D eigenvalue weighted by Crippen LogP contribution is -1.98. The normalized spacial score (nSPS) is 9.18. The van der Waals surface area contributed by atoms with Gasteiger partial charge in [-0.25, -0.2) is 9.97 Å². The minimum atomic E-state index is 0.167. The first kappa shape index (κ1) is 8.31. The number of rotatable bonds is 0. The van der Waals surface area contributed by atoms with Crippen LogP contribution in [0.1, 0.15) is 5.69 Å². The Hall–Kier alpha value is -0.790. The molecule has 0 aromatic carbocycles. The highest BCUT2D eigenvalue weighted by Crippen LogP contribution is 2.19. The van der Waals surface area contributed by atoms with Gasteiger partial charge in [0.15, 0.2) is 16.7 Å². The van der Waals surface area contributed by atoms with Crippen LogP contribution in [0, 0.1) is 12.3 Å². The summed E-state index contributed by atoms with van der Waals surface area (Å²) in [5.74, 6) is 2.44. The van der Waals surface area contributed by atoms with E-state index in [0.29, 0.717) is 10.3 Å². The maximum absolute atomic E-state index is 5.57. The third-order valence-corrected chi connectivity index (χ3v) is 2.02. The number of aromatic nitrogens is 2. The van der Waals surface area contributed by atoms with Crippen molar-refractivity contribution in [2.75, 3.05) is 5.73 Å². The fourth-order valence-corrected chi connectivity index (χ4v) is 0.912. The summed E-state index contributed by atoms with van der Waals surface area (Å²) in [7, 11) is 0. The second kappa shape index (κ2) is 3.07. The molecule has 0 atom stereocenters. The molecule has 0 aliphatic carbocycles. The second-order valence-corrected chi connectivity index (χ2v) is 2.79. The van der Waals surface area contributed by atoms with Crippen LogP contribution in [0.3, 0.4) is 0 Å². The predicted octanol–water partition coefficient (Wildman–Crippen LogP) is 1.46. The SMILES string of the molecule is C#Cc1nc(Br)c(Cl)nc1N. The molecule has 0 unspecified atom stereocenters. The summed E-state index contributed by atoms with van der Waals surface area (Å²) in [5, 5.41) is 0.210. The largest absolute Gasteiger partial charge is 0.381 e. The standard InChI is InChI=1S/C6H3BrClN3/c1-2-3-6(9)11-5(8)4(7)10-3/h1H,(H2,9,11). The Morgan fingerprint density at radius 1 is 1.55 bits per heavy atom. The van der Waals surface area contributed by atoms with Crippen LogP contribution in [0.4, 0.5) is 5.82 Å². The quantitative estimate of drug-likeness (QED) is 0.689. The Kier molecular flexibility index (Phi) is 2.32. The average molecular weight is 232 g/mol. The molecule has 0 saturated heterocycles. The van der Waals surface area contributed by atoms with Gasteiger partial charge in [-0.1, -0.05) is 11.6 Å². The molecule has 1 aromatic heterocycles. The maximum atomic E-state index is 5.57. The molecule has 0 radical (unpaired) electrons. The van der Waals surface area contributed by atoms with Crippen molar-refractivity contribution in [1.82, 2.24) is 9.97 Å². The topological polar surface area (TPSA) is 51.8 Å². The van der Waals surface area contributed by atoms with Crippen molar-refractivity contribution in [2.24, 2.45) is 0 Å². The summed E-state index contributed by atoms with van der Waals surface area (Å²) in [6.45, 7) is 0. The summed E-state index contributed by atoms with van der Waals surface area (Å²) in [4.78, 5) is 7.59. The first-order valence-electron chi connectivity index (χ1n) is 2.60. The lowest BCUT2D eigenvalue weighted by Gasteiger charge is -1.98. The van der Waals surface area contributed by atoms with Crippen LogP contribution in [0.15, 0.2) is 4.60 Å². The number of halogens is 2. The highest BCUT2D eigenvalue weighted by Gasteiger charge is 2.04. The number of hydrogen-bond acceptors (Lipinski definition) is 3. The summed E-state index contributed by atoms with van der Waals surface area (Å²) in [6.07, 6.45) is 5.07. The molecule has 1 rings (SSSR count). The van der Waals surface area contributed by atoms with Gasteiger partial charge in [-0.05, 0) is 21.9 Å². The zero-order valence-electron chi connectivity index (χ0n) is 5.31. The van der Waals surface area contributed by atoms with E-state index >= 15 is 0 Å². The van der Waals surface area contributed by atoms with Gasteiger partial charge in [0.05, 0.1) is 0 Å². The molecule has 0 saturated carbocycles. The Bertz CT molecular complexity index is 331. The molecule has 56 valence electrons. The molecule has 0 fully saturated rings. The van der Waals surface area contributed by atoms with E-state index in [4.69, 9.17) is 23.8 Å². The van der Waals surface area contributed by atoms with Crippen molar-refractivity contribution in [3.8, 4) is 12.3 Å². The molecule has 0 bridgehead atoms. The fraction of sp³-hybridized carbons (Fsp3) is 0. The van der Waals surface area contributed by atoms with Crippen molar-refractivity contribution in [3.63, 3.8) is 0 Å². The van der Waals surface area contributed by atoms with Gasteiger partial charge in [0.25, 0.3) is 0 Å². The molecule has 0 amide bonds. The third-order valence-electron chi connectivity index (χ3n) is 0.978. The van der Waals surface area contributed by atoms with Crippen LogP contribution < -0.4 is 5.73 Å². The highest BCUT2D eigenvalue weighted by molar-refractivity contribution is 9.10. The molecule has 1 aromatic rings. The van der Waals surface area contributed by atoms with Gasteiger partial charge in [0, 0.05) is 0 Å². The molecule has 5 heteroatoms. The maximum Gasteiger partial charge on any atom is 0.164 e. The fourth-order valence-electron chi connectivity index (χ4n) is 0.513. The highest BCUT2D eigenvalue weighted by atomic mass is 79.9. The molecule has 0 aliphatic heterocycles. The molecule has 3 nitrogen and oxygen atoms in total. The average Bonchev–Trinajstić information content (AvgIpc) is 1.97. The van der Waals surface area contributed by atoms with Gasteiger partial charge in [-0.3, -0.25) is 0 Å². The van der Waals surface area contributed by atoms with Gasteiger partial charge in [0.2, 0.25) is 0 Å². The predicted molar refractivity (Wildman–Crippen MR) is 47.1 cm³/mol. The molecule has 0 aliphatic rings. The van der Waals surface area contributed by atoms with E-state index in [1.54, 1.807) is 0 Å². The summed E-state index contributed by atoms with van der Waals surface area (Å²) >= 11 is 8.64. The number of nitrogens with two attached hydrogens (primary N) is 1. The van der Waals surface area contributed by atoms with E-state index in [-0.39, 0.29) is 11.0 Å². The van der Waals surface area contributed by atoms with E-state index in [1.807, 2.05) is 0 Å². The summed E-state index contributed by atoms with van der Waals surface area (Å²) in [5.41, 5.74) is 5.67. The van der Waals surface area contributed by atoms with Crippen molar-refractivity contribution in [1.29, 1.82) is 0 Å². The Morgan fingerprint density at radius 3 is 2.73 bits per heavy atom. The van der Waals surface area contributed by atoms with Gasteiger partial charge >= 0.3 is 0 Å². The lowest BCUT2D eigenvalue weighted by molar-refractivity contribution is 1.15. The van der Waals surface area contributed by atoms with Crippen LogP contribution in [0.25, 0.3) is 0 Å². The van der Waals surface area contributed by atoms with Crippen LogP contribution in [0.2, 0.25) is 5.15 Å². The van der Waals surface area contributed by atoms with E-state index in [9.17, 15) is 0 Å². The summed E-state index contributed by atoms with van der Waals surface area (Å²) in [6, 6.07) is 0. The molecular weight excluding hydrogens is 229 g/mol. The Labute approximate surface area is 77.1 Å². The van der Waals surface area contributed by atoms with Crippen molar-refractivity contribution in [3.05, 3.63) is 15.5 Å². The summed E-state index contributed by atoms with van der Waals surface area (Å²) < 4.78 is 0.404. The second-order valence-electron chi connectivity index (χ2n) is 1.68. The number of nitrogens with zero attached hydrogens (tertiary/aromatic N) is 2. The monoisotopic (exact) mass is 231 g/mol. The lowest BCUT2D eigenvalue weighted by atomic mass is 10.4. The van der Waals surface area contributed by atoms with E-state index in [2.05, 4.69) is 31.8 Å². The smallest absolute Gasteiger partial charge is 0.164 e. The zero-order chi connectivity index (χ0) is 8.43. The minimum Gasteiger partial charge on any atom is -0.381 e. The van der Waals surface area contributed by atoms with Gasteiger partial charge in [-0.15, -0.1) is 6.42 Å². The van der Waals surface area contributed by atoms with Crippen molar-refractivity contribution in [2.45, 2.75) is 0 Å².